The van der Waals surface area contributed by atoms with Crippen molar-refractivity contribution in [2.75, 3.05) is 19.4 Å². The molecule has 1 aliphatic heterocycles. The third-order valence-electron chi connectivity index (χ3n) is 3.13. The van der Waals surface area contributed by atoms with Crippen molar-refractivity contribution in [2.24, 2.45) is 0 Å². The Hall–Kier alpha value is -1.25. The summed E-state index contributed by atoms with van der Waals surface area (Å²) in [5.41, 5.74) is -0.612. The fraction of sp³-hybridized carbons (Fsp3) is 0.636. The third kappa shape index (κ3) is 4.36. The van der Waals surface area contributed by atoms with E-state index in [1.807, 2.05) is 0 Å². The fourth-order valence-electron chi connectivity index (χ4n) is 2.03. The highest BCUT2D eigenvalue weighted by atomic mass is 31.2. The van der Waals surface area contributed by atoms with Crippen LogP contribution in [0.3, 0.4) is 0 Å². The first-order valence-corrected chi connectivity index (χ1v) is 8.16. The molecule has 1 saturated heterocycles. The van der Waals surface area contributed by atoms with Gasteiger partial charge >= 0.3 is 13.3 Å². The van der Waals surface area contributed by atoms with Crippen molar-refractivity contribution in [1.29, 1.82) is 0 Å². The Balaban J connectivity index is 1.97. The number of aromatic amines is 1. The molecule has 0 unspecified atom stereocenters. The minimum atomic E-state index is -4.08. The van der Waals surface area contributed by atoms with Gasteiger partial charge in [-0.3, -0.25) is 18.9 Å². The van der Waals surface area contributed by atoms with Gasteiger partial charge in [-0.05, 0) is 6.92 Å². The molecule has 0 amide bonds. The number of aryl methyl sites for hydroxylation is 1. The van der Waals surface area contributed by atoms with Gasteiger partial charge in [0.2, 0.25) is 0 Å². The summed E-state index contributed by atoms with van der Waals surface area (Å²) < 4.78 is 22.7. The number of hydrogen-bond donors (Lipinski definition) is 3. The minimum absolute atomic E-state index is 0.0788. The van der Waals surface area contributed by atoms with E-state index >= 15 is 0 Å². The molecule has 2 rings (SSSR count). The van der Waals surface area contributed by atoms with Crippen LogP contribution in [0.2, 0.25) is 0 Å². The molecule has 0 spiro atoms. The van der Waals surface area contributed by atoms with E-state index in [2.05, 4.69) is 4.98 Å². The molecular weight excluding hydrogens is 303 g/mol. The molecule has 0 bridgehead atoms. The molecule has 3 N–H and O–H groups in total. The summed E-state index contributed by atoms with van der Waals surface area (Å²) in [7, 11) is -4.08. The van der Waals surface area contributed by atoms with Crippen LogP contribution in [0.4, 0.5) is 0 Å². The summed E-state index contributed by atoms with van der Waals surface area (Å²) >= 11 is 0. The van der Waals surface area contributed by atoms with Gasteiger partial charge in [0, 0.05) is 18.2 Å². The van der Waals surface area contributed by atoms with Gasteiger partial charge in [0.25, 0.3) is 5.56 Å². The lowest BCUT2D eigenvalue weighted by atomic mass is 10.3. The van der Waals surface area contributed by atoms with Crippen molar-refractivity contribution in [1.82, 2.24) is 9.55 Å². The SMILES string of the molecule is Cc1cn([C@H]2C[C@H](OCCP(=O)(O)O)CO2)c(=O)[nH]c1=O. The van der Waals surface area contributed by atoms with Gasteiger partial charge < -0.3 is 19.3 Å². The largest absolute Gasteiger partial charge is 0.375 e. The molecule has 2 atom stereocenters. The van der Waals surface area contributed by atoms with Gasteiger partial charge in [0.05, 0.1) is 25.5 Å². The number of aromatic nitrogens is 2. The van der Waals surface area contributed by atoms with Crippen molar-refractivity contribution < 1.29 is 23.8 Å². The van der Waals surface area contributed by atoms with Gasteiger partial charge in [0.15, 0.2) is 0 Å². The molecule has 0 radical (unpaired) electrons. The van der Waals surface area contributed by atoms with E-state index in [0.717, 1.165) is 0 Å². The number of H-pyrrole nitrogens is 1. The molecular formula is C11H17N2O7P. The van der Waals surface area contributed by atoms with E-state index in [9.17, 15) is 14.2 Å². The second kappa shape index (κ2) is 6.25. The maximum Gasteiger partial charge on any atom is 0.330 e. The highest BCUT2D eigenvalue weighted by molar-refractivity contribution is 7.51. The van der Waals surface area contributed by atoms with E-state index in [1.54, 1.807) is 6.92 Å². The molecule has 0 saturated carbocycles. The average Bonchev–Trinajstić information content (AvgIpc) is 2.81. The third-order valence-corrected chi connectivity index (χ3v) is 3.90. The Morgan fingerprint density at radius 2 is 2.24 bits per heavy atom. The molecule has 10 heteroatoms. The summed E-state index contributed by atoms with van der Waals surface area (Å²) in [6, 6.07) is 0. The van der Waals surface area contributed by atoms with E-state index < -0.39 is 25.1 Å². The van der Waals surface area contributed by atoms with Crippen LogP contribution in [0.5, 0.6) is 0 Å². The van der Waals surface area contributed by atoms with Crippen molar-refractivity contribution in [3.63, 3.8) is 0 Å². The minimum Gasteiger partial charge on any atom is -0.375 e. The van der Waals surface area contributed by atoms with Crippen LogP contribution in [0.25, 0.3) is 0 Å². The molecule has 1 aliphatic rings. The molecule has 2 heterocycles. The van der Waals surface area contributed by atoms with Gasteiger partial charge in [0.1, 0.15) is 6.23 Å². The zero-order valence-corrected chi connectivity index (χ0v) is 12.3. The van der Waals surface area contributed by atoms with E-state index in [1.165, 1.54) is 10.8 Å². The van der Waals surface area contributed by atoms with Crippen LogP contribution in [0.1, 0.15) is 18.2 Å². The molecule has 0 aliphatic carbocycles. The number of hydrogen-bond acceptors (Lipinski definition) is 5. The van der Waals surface area contributed by atoms with E-state index in [0.29, 0.717) is 12.0 Å². The van der Waals surface area contributed by atoms with Crippen LogP contribution in [0, 0.1) is 6.92 Å². The van der Waals surface area contributed by atoms with Gasteiger partial charge in [-0.1, -0.05) is 0 Å². The molecule has 0 aromatic carbocycles. The maximum absolute atomic E-state index is 11.7. The standard InChI is InChI=1S/C11H17N2O7P/c1-7-5-13(11(15)12-10(7)14)9-4-8(6-20-9)19-2-3-21(16,17)18/h5,8-9H,2-4,6H2,1H3,(H,12,14,15)(H2,16,17,18)/t8-,9+/m0/s1. The molecule has 9 nitrogen and oxygen atoms in total. The van der Waals surface area contributed by atoms with Gasteiger partial charge in [-0.25, -0.2) is 4.79 Å². The van der Waals surface area contributed by atoms with Crippen molar-refractivity contribution in [2.45, 2.75) is 25.7 Å². The zero-order valence-electron chi connectivity index (χ0n) is 11.4. The molecule has 1 fully saturated rings. The lowest BCUT2D eigenvalue weighted by Crippen LogP contribution is -2.33. The number of ether oxygens (including phenoxy) is 2. The lowest BCUT2D eigenvalue weighted by molar-refractivity contribution is 0.0280. The monoisotopic (exact) mass is 320 g/mol. The Bertz CT molecular complexity index is 661. The van der Waals surface area contributed by atoms with Gasteiger partial charge in [-0.2, -0.15) is 0 Å². The van der Waals surface area contributed by atoms with Crippen LogP contribution in [-0.2, 0) is 14.0 Å². The van der Waals surface area contributed by atoms with Crippen LogP contribution < -0.4 is 11.2 Å². The average molecular weight is 320 g/mol. The molecule has 118 valence electrons. The fourth-order valence-corrected chi connectivity index (χ4v) is 2.37. The van der Waals surface area contributed by atoms with Crippen LogP contribution in [-0.4, -0.2) is 44.8 Å². The summed E-state index contributed by atoms with van der Waals surface area (Å²) in [5.74, 6) is 0. The second-order valence-electron chi connectivity index (χ2n) is 4.88. The predicted molar refractivity (Wildman–Crippen MR) is 72.3 cm³/mol. The lowest BCUT2D eigenvalue weighted by Gasteiger charge is -2.13. The molecule has 1 aromatic heterocycles. The first-order chi connectivity index (χ1) is 9.76. The van der Waals surface area contributed by atoms with Crippen molar-refractivity contribution in [3.8, 4) is 0 Å². The number of nitrogens with one attached hydrogen (secondary N) is 1. The van der Waals surface area contributed by atoms with E-state index in [-0.39, 0.29) is 25.5 Å². The van der Waals surface area contributed by atoms with Crippen molar-refractivity contribution in [3.05, 3.63) is 32.6 Å². The quantitative estimate of drug-likeness (QED) is 0.613. The highest BCUT2D eigenvalue weighted by Gasteiger charge is 2.29. The Labute approximate surface area is 119 Å². The summed E-state index contributed by atoms with van der Waals surface area (Å²) in [6.07, 6.45) is 0.524. The highest BCUT2D eigenvalue weighted by Crippen LogP contribution is 2.34. The summed E-state index contributed by atoms with van der Waals surface area (Å²) in [5, 5.41) is 0. The zero-order chi connectivity index (χ0) is 15.6. The Kier molecular flexibility index (Phi) is 4.80. The van der Waals surface area contributed by atoms with Gasteiger partial charge in [-0.15, -0.1) is 0 Å². The summed E-state index contributed by atoms with van der Waals surface area (Å²) in [4.78, 5) is 42.7. The maximum atomic E-state index is 11.7. The first-order valence-electron chi connectivity index (χ1n) is 6.36. The van der Waals surface area contributed by atoms with E-state index in [4.69, 9.17) is 19.3 Å². The number of rotatable bonds is 5. The first kappa shape index (κ1) is 16.1. The van der Waals surface area contributed by atoms with Crippen LogP contribution in [0.15, 0.2) is 15.8 Å². The van der Waals surface area contributed by atoms with Crippen LogP contribution >= 0.6 is 7.60 Å². The predicted octanol–water partition coefficient (Wildman–Crippen LogP) is -0.673. The normalized spacial score (nSPS) is 22.6. The topological polar surface area (TPSA) is 131 Å². The smallest absolute Gasteiger partial charge is 0.330 e. The number of nitrogens with zero attached hydrogens (tertiary/aromatic N) is 1. The molecule has 1 aromatic rings. The Morgan fingerprint density at radius 1 is 1.52 bits per heavy atom. The second-order valence-corrected chi connectivity index (χ2v) is 6.66. The molecule has 21 heavy (non-hydrogen) atoms. The summed E-state index contributed by atoms with van der Waals surface area (Å²) in [6.45, 7) is 1.72. The Morgan fingerprint density at radius 3 is 2.90 bits per heavy atom. The van der Waals surface area contributed by atoms with Crippen molar-refractivity contribution >= 4 is 7.60 Å².